The summed E-state index contributed by atoms with van der Waals surface area (Å²) >= 11 is 3.13. The van der Waals surface area contributed by atoms with Gasteiger partial charge in [0.2, 0.25) is 0 Å². The Labute approximate surface area is 109 Å². The summed E-state index contributed by atoms with van der Waals surface area (Å²) in [4.78, 5) is 0. The average Bonchev–Trinajstić information content (AvgIpc) is 2.70. The molecule has 0 amide bonds. The van der Waals surface area contributed by atoms with Gasteiger partial charge in [0, 0.05) is 43.5 Å². The predicted molar refractivity (Wildman–Crippen MR) is 70.1 cm³/mol. The molecule has 5 nitrogen and oxygen atoms in total. The van der Waals surface area contributed by atoms with Gasteiger partial charge in [0.05, 0.1) is 0 Å². The van der Waals surface area contributed by atoms with E-state index in [1.807, 2.05) is 13.1 Å². The fourth-order valence-corrected chi connectivity index (χ4v) is 1.67. The monoisotopic (exact) mass is 295 g/mol. The van der Waals surface area contributed by atoms with Gasteiger partial charge >= 0.3 is 0 Å². The fraction of sp³-hybridized carbons (Fsp3) is 0.364. The molecule has 0 atom stereocenters. The Bertz CT molecular complexity index is 481. The molecule has 1 rings (SSSR count). The van der Waals surface area contributed by atoms with E-state index in [0.29, 0.717) is 16.7 Å². The molecular weight excluding hydrogens is 282 g/mol. The molecule has 0 bridgehead atoms. The summed E-state index contributed by atoms with van der Waals surface area (Å²) < 4.78 is 2.03. The second kappa shape index (κ2) is 6.21. The number of nitrogens with zero attached hydrogens (tertiary/aromatic N) is 3. The van der Waals surface area contributed by atoms with Gasteiger partial charge in [0.1, 0.15) is 10.7 Å². The van der Waals surface area contributed by atoms with Crippen molar-refractivity contribution in [2.24, 2.45) is 0 Å². The second-order valence-electron chi connectivity index (χ2n) is 3.42. The van der Waals surface area contributed by atoms with Crippen LogP contribution in [0.3, 0.4) is 0 Å². The Morgan fingerprint density at radius 2 is 2.47 bits per heavy atom. The van der Waals surface area contributed by atoms with Crippen LogP contribution in [0.1, 0.15) is 18.2 Å². The van der Waals surface area contributed by atoms with Crippen LogP contribution in [0.4, 0.5) is 0 Å². The number of allylic oxidation sites excluding steroid dienone is 1. The molecule has 0 radical (unpaired) electrons. The van der Waals surface area contributed by atoms with E-state index in [-0.39, 0.29) is 0 Å². The molecule has 0 fully saturated rings. The van der Waals surface area contributed by atoms with Crippen molar-refractivity contribution in [3.8, 4) is 6.07 Å². The maximum absolute atomic E-state index is 8.98. The van der Waals surface area contributed by atoms with Gasteiger partial charge in [-0.3, -0.25) is 10.1 Å². The van der Waals surface area contributed by atoms with E-state index < -0.39 is 0 Å². The molecular formula is C11H14BrN5. The van der Waals surface area contributed by atoms with Crippen LogP contribution >= 0.6 is 15.9 Å². The van der Waals surface area contributed by atoms with Crippen LogP contribution in [0.15, 0.2) is 18.0 Å². The number of hydrogen-bond donors (Lipinski definition) is 2. The van der Waals surface area contributed by atoms with Crippen molar-refractivity contribution in [1.29, 1.82) is 10.7 Å². The van der Waals surface area contributed by atoms with Crippen molar-refractivity contribution < 1.29 is 0 Å². The summed E-state index contributed by atoms with van der Waals surface area (Å²) in [6.45, 7) is 2.69. The van der Waals surface area contributed by atoms with E-state index in [2.05, 4.69) is 32.4 Å². The normalized spacial score (nSPS) is 11.1. The van der Waals surface area contributed by atoms with Gasteiger partial charge in [-0.05, 0) is 22.9 Å². The third kappa shape index (κ3) is 3.43. The van der Waals surface area contributed by atoms with Gasteiger partial charge in [-0.2, -0.15) is 10.4 Å². The SMILES string of the molecule is CCn1cc(C/C(=C/NC)C(=N)Br)c(C#N)n1. The Hall–Kier alpha value is -1.61. The molecule has 0 aliphatic heterocycles. The van der Waals surface area contributed by atoms with Gasteiger partial charge in [-0.1, -0.05) is 0 Å². The van der Waals surface area contributed by atoms with Crippen molar-refractivity contribution in [2.45, 2.75) is 19.9 Å². The summed E-state index contributed by atoms with van der Waals surface area (Å²) in [6, 6.07) is 2.07. The number of aromatic nitrogens is 2. The summed E-state index contributed by atoms with van der Waals surface area (Å²) in [7, 11) is 1.77. The van der Waals surface area contributed by atoms with E-state index in [1.165, 1.54) is 0 Å². The number of rotatable bonds is 5. The van der Waals surface area contributed by atoms with Gasteiger partial charge in [0.25, 0.3) is 0 Å². The molecule has 1 heterocycles. The van der Waals surface area contributed by atoms with E-state index in [1.54, 1.807) is 17.9 Å². The predicted octanol–water partition coefficient (Wildman–Crippen LogP) is 1.79. The Balaban J connectivity index is 3.01. The third-order valence-corrected chi connectivity index (χ3v) is 2.76. The topological polar surface area (TPSA) is 77.5 Å². The minimum absolute atomic E-state index is 0.306. The lowest BCUT2D eigenvalue weighted by Gasteiger charge is -2.02. The molecule has 0 spiro atoms. The molecule has 0 saturated carbocycles. The maximum Gasteiger partial charge on any atom is 0.165 e. The second-order valence-corrected chi connectivity index (χ2v) is 4.21. The number of halogens is 1. The van der Waals surface area contributed by atoms with Crippen LogP contribution in [-0.4, -0.2) is 21.4 Å². The van der Waals surface area contributed by atoms with Crippen LogP contribution in [0.2, 0.25) is 0 Å². The van der Waals surface area contributed by atoms with Crippen LogP contribution in [0, 0.1) is 16.7 Å². The van der Waals surface area contributed by atoms with E-state index in [9.17, 15) is 0 Å². The quantitative estimate of drug-likeness (QED) is 0.813. The smallest absolute Gasteiger partial charge is 0.165 e. The number of aryl methyl sites for hydroxylation is 1. The lowest BCUT2D eigenvalue weighted by Crippen LogP contribution is -2.04. The van der Waals surface area contributed by atoms with Gasteiger partial charge in [-0.25, -0.2) is 0 Å². The molecule has 0 aromatic carbocycles. The molecule has 0 saturated heterocycles. The summed E-state index contributed by atoms with van der Waals surface area (Å²) in [5.41, 5.74) is 2.03. The van der Waals surface area contributed by atoms with E-state index in [4.69, 9.17) is 10.7 Å². The molecule has 0 aliphatic carbocycles. The molecule has 1 aromatic heterocycles. The summed E-state index contributed by atoms with van der Waals surface area (Å²) in [5.74, 6) is 0. The van der Waals surface area contributed by atoms with Crippen molar-refractivity contribution in [3.63, 3.8) is 0 Å². The molecule has 2 N–H and O–H groups in total. The summed E-state index contributed by atoms with van der Waals surface area (Å²) in [6.07, 6.45) is 4.09. The van der Waals surface area contributed by atoms with Gasteiger partial charge in [0.15, 0.2) is 5.69 Å². The van der Waals surface area contributed by atoms with E-state index >= 15 is 0 Å². The van der Waals surface area contributed by atoms with E-state index in [0.717, 1.165) is 17.7 Å². The fourth-order valence-electron chi connectivity index (χ4n) is 1.42. The van der Waals surface area contributed by atoms with Crippen LogP contribution in [0.5, 0.6) is 0 Å². The first kappa shape index (κ1) is 13.5. The number of hydrogen-bond acceptors (Lipinski definition) is 4. The van der Waals surface area contributed by atoms with Crippen molar-refractivity contribution in [2.75, 3.05) is 7.05 Å². The molecule has 0 aliphatic rings. The number of nitrogens with one attached hydrogen (secondary N) is 2. The van der Waals surface area contributed by atoms with Crippen molar-refractivity contribution in [1.82, 2.24) is 15.1 Å². The first-order chi connectivity index (χ1) is 8.12. The van der Waals surface area contributed by atoms with Crippen LogP contribution in [-0.2, 0) is 13.0 Å². The number of nitriles is 1. The minimum atomic E-state index is 0.306. The third-order valence-electron chi connectivity index (χ3n) is 2.25. The largest absolute Gasteiger partial charge is 0.394 e. The molecule has 90 valence electrons. The standard InChI is InChI=1S/C11H14BrN5/c1-3-17-7-9(10(5-13)16-17)4-8(6-15-2)11(12)14/h6-7,14-15H,3-4H2,1-2H3/b8-6-,14-11?. The average molecular weight is 296 g/mol. The van der Waals surface area contributed by atoms with Crippen molar-refractivity contribution >= 4 is 20.6 Å². The van der Waals surface area contributed by atoms with Crippen LogP contribution in [0.25, 0.3) is 0 Å². The van der Waals surface area contributed by atoms with Crippen molar-refractivity contribution in [3.05, 3.63) is 29.2 Å². The highest BCUT2D eigenvalue weighted by Crippen LogP contribution is 2.14. The zero-order valence-electron chi connectivity index (χ0n) is 9.79. The molecule has 6 heteroatoms. The highest BCUT2D eigenvalue weighted by Gasteiger charge is 2.11. The Kier molecular flexibility index (Phi) is 4.91. The Morgan fingerprint density at radius 1 is 1.76 bits per heavy atom. The molecule has 17 heavy (non-hydrogen) atoms. The maximum atomic E-state index is 8.98. The zero-order chi connectivity index (χ0) is 12.8. The highest BCUT2D eigenvalue weighted by atomic mass is 79.9. The first-order valence-corrected chi connectivity index (χ1v) is 5.98. The summed E-state index contributed by atoms with van der Waals surface area (Å²) in [5, 5.41) is 23.6. The lowest BCUT2D eigenvalue weighted by molar-refractivity contribution is 0.657. The van der Waals surface area contributed by atoms with Gasteiger partial charge < -0.3 is 5.32 Å². The van der Waals surface area contributed by atoms with Gasteiger partial charge in [-0.15, -0.1) is 0 Å². The highest BCUT2D eigenvalue weighted by molar-refractivity contribution is 9.18. The zero-order valence-corrected chi connectivity index (χ0v) is 11.4. The molecule has 1 aromatic rings. The Morgan fingerprint density at radius 3 is 2.94 bits per heavy atom. The van der Waals surface area contributed by atoms with Crippen LogP contribution < -0.4 is 5.32 Å². The lowest BCUT2D eigenvalue weighted by atomic mass is 10.1. The minimum Gasteiger partial charge on any atom is -0.394 e. The molecule has 0 unspecified atom stereocenters. The first-order valence-electron chi connectivity index (χ1n) is 5.19.